The molecule has 1 fully saturated rings. The van der Waals surface area contributed by atoms with Crippen LogP contribution in [0, 0.1) is 5.41 Å². The molecule has 1 heterocycles. The van der Waals surface area contributed by atoms with E-state index in [-0.39, 0.29) is 6.04 Å². The van der Waals surface area contributed by atoms with Crippen LogP contribution in [0.5, 0.6) is 0 Å². The molecule has 0 bridgehead atoms. The average molecular weight is 207 g/mol. The minimum absolute atomic E-state index is 0.251. The number of hydrogen-bond acceptors (Lipinski definition) is 2. The van der Waals surface area contributed by atoms with E-state index in [4.69, 9.17) is 5.73 Å². The van der Waals surface area contributed by atoms with Gasteiger partial charge in [-0.1, -0.05) is 19.8 Å². The number of hydrogen-bond donors (Lipinski definition) is 1. The van der Waals surface area contributed by atoms with E-state index in [0.717, 1.165) is 12.2 Å². The molecule has 0 amide bonds. The summed E-state index contributed by atoms with van der Waals surface area (Å²) in [6, 6.07) is 0.251. The molecule has 0 saturated heterocycles. The number of aryl methyl sites for hydroxylation is 1. The Hall–Kier alpha value is -0.830. The number of imidazole rings is 1. The highest BCUT2D eigenvalue weighted by molar-refractivity contribution is 4.99. The van der Waals surface area contributed by atoms with E-state index in [9.17, 15) is 0 Å². The normalized spacial score (nSPS) is 21.8. The van der Waals surface area contributed by atoms with Crippen molar-refractivity contribution in [3.05, 3.63) is 18.2 Å². The third-order valence-electron chi connectivity index (χ3n) is 3.96. The standard InChI is InChI=1S/C12H21N3/c1-12(5-3-4-6-12)10(13)9-11-14-7-8-15(11)2/h7-8,10H,3-6,9,13H2,1-2H3. The Bertz CT molecular complexity index is 323. The molecule has 0 aliphatic heterocycles. The summed E-state index contributed by atoms with van der Waals surface area (Å²) in [7, 11) is 2.03. The van der Waals surface area contributed by atoms with Crippen molar-refractivity contribution in [2.45, 2.75) is 45.1 Å². The Morgan fingerprint density at radius 3 is 2.73 bits per heavy atom. The van der Waals surface area contributed by atoms with Crippen LogP contribution in [0.3, 0.4) is 0 Å². The monoisotopic (exact) mass is 207 g/mol. The third kappa shape index (κ3) is 2.07. The average Bonchev–Trinajstić information content (AvgIpc) is 2.78. The fraction of sp³-hybridized carbons (Fsp3) is 0.750. The van der Waals surface area contributed by atoms with E-state index in [1.165, 1.54) is 25.7 Å². The van der Waals surface area contributed by atoms with Crippen LogP contribution in [-0.2, 0) is 13.5 Å². The first-order valence-corrected chi connectivity index (χ1v) is 5.84. The molecule has 3 nitrogen and oxygen atoms in total. The van der Waals surface area contributed by atoms with Crippen LogP contribution in [0.1, 0.15) is 38.4 Å². The Morgan fingerprint density at radius 1 is 1.53 bits per heavy atom. The molecule has 1 aliphatic rings. The molecule has 1 aliphatic carbocycles. The Morgan fingerprint density at radius 2 is 2.20 bits per heavy atom. The second kappa shape index (κ2) is 3.97. The van der Waals surface area contributed by atoms with Gasteiger partial charge in [-0.25, -0.2) is 4.98 Å². The molecule has 3 heteroatoms. The van der Waals surface area contributed by atoms with Crippen molar-refractivity contribution >= 4 is 0 Å². The lowest BCUT2D eigenvalue weighted by molar-refractivity contribution is 0.257. The summed E-state index contributed by atoms with van der Waals surface area (Å²) in [5.41, 5.74) is 6.66. The number of aromatic nitrogens is 2. The summed E-state index contributed by atoms with van der Waals surface area (Å²) in [6.45, 7) is 2.33. The van der Waals surface area contributed by atoms with Crippen molar-refractivity contribution < 1.29 is 0 Å². The van der Waals surface area contributed by atoms with Crippen LogP contribution < -0.4 is 5.73 Å². The molecule has 84 valence electrons. The summed E-state index contributed by atoms with van der Waals surface area (Å²) >= 11 is 0. The lowest BCUT2D eigenvalue weighted by Crippen LogP contribution is -2.39. The number of nitrogens with zero attached hydrogens (tertiary/aromatic N) is 2. The molecule has 2 rings (SSSR count). The van der Waals surface area contributed by atoms with Gasteiger partial charge < -0.3 is 10.3 Å². The largest absolute Gasteiger partial charge is 0.338 e. The molecule has 2 N–H and O–H groups in total. The second-order valence-electron chi connectivity index (χ2n) is 5.13. The fourth-order valence-corrected chi connectivity index (χ4v) is 2.59. The molecule has 1 aromatic heterocycles. The van der Waals surface area contributed by atoms with Gasteiger partial charge in [-0.3, -0.25) is 0 Å². The van der Waals surface area contributed by atoms with Crippen LogP contribution in [0.2, 0.25) is 0 Å². The van der Waals surface area contributed by atoms with Crippen LogP contribution in [0.15, 0.2) is 12.4 Å². The highest BCUT2D eigenvalue weighted by Crippen LogP contribution is 2.40. The molecular weight excluding hydrogens is 186 g/mol. The van der Waals surface area contributed by atoms with E-state index in [0.29, 0.717) is 5.41 Å². The van der Waals surface area contributed by atoms with Crippen molar-refractivity contribution in [1.82, 2.24) is 9.55 Å². The lowest BCUT2D eigenvalue weighted by atomic mass is 9.79. The van der Waals surface area contributed by atoms with Gasteiger partial charge in [0.05, 0.1) is 0 Å². The van der Waals surface area contributed by atoms with E-state index in [1.807, 2.05) is 19.4 Å². The second-order valence-corrected chi connectivity index (χ2v) is 5.13. The van der Waals surface area contributed by atoms with E-state index >= 15 is 0 Å². The minimum Gasteiger partial charge on any atom is -0.338 e. The summed E-state index contributed by atoms with van der Waals surface area (Å²) < 4.78 is 2.07. The van der Waals surface area contributed by atoms with Gasteiger partial charge in [0.1, 0.15) is 5.82 Å². The summed E-state index contributed by atoms with van der Waals surface area (Å²) in [5, 5.41) is 0. The van der Waals surface area contributed by atoms with Crippen molar-refractivity contribution in [1.29, 1.82) is 0 Å². The summed E-state index contributed by atoms with van der Waals surface area (Å²) in [4.78, 5) is 4.34. The quantitative estimate of drug-likeness (QED) is 0.822. The molecule has 1 aromatic rings. The zero-order valence-corrected chi connectivity index (χ0v) is 9.74. The lowest BCUT2D eigenvalue weighted by Gasteiger charge is -2.30. The van der Waals surface area contributed by atoms with Gasteiger partial charge in [0.25, 0.3) is 0 Å². The van der Waals surface area contributed by atoms with Crippen molar-refractivity contribution in [3.8, 4) is 0 Å². The van der Waals surface area contributed by atoms with Crippen LogP contribution >= 0.6 is 0 Å². The molecule has 1 unspecified atom stereocenters. The van der Waals surface area contributed by atoms with Gasteiger partial charge in [-0.2, -0.15) is 0 Å². The Balaban J connectivity index is 2.03. The van der Waals surface area contributed by atoms with Crippen LogP contribution in [0.25, 0.3) is 0 Å². The number of nitrogens with two attached hydrogens (primary N) is 1. The summed E-state index contributed by atoms with van der Waals surface area (Å²) in [5.74, 6) is 1.11. The summed E-state index contributed by atoms with van der Waals surface area (Å²) in [6.07, 6.45) is 9.96. The van der Waals surface area contributed by atoms with Gasteiger partial charge >= 0.3 is 0 Å². The van der Waals surface area contributed by atoms with Crippen molar-refractivity contribution in [2.75, 3.05) is 0 Å². The predicted octanol–water partition coefficient (Wildman–Crippen LogP) is 1.87. The first-order valence-electron chi connectivity index (χ1n) is 5.84. The molecule has 15 heavy (non-hydrogen) atoms. The molecule has 1 saturated carbocycles. The molecule has 0 radical (unpaired) electrons. The van der Waals surface area contributed by atoms with Gasteiger partial charge in [0.2, 0.25) is 0 Å². The first kappa shape index (κ1) is 10.7. The molecule has 0 spiro atoms. The zero-order chi connectivity index (χ0) is 10.9. The van der Waals surface area contributed by atoms with Gasteiger partial charge in [0, 0.05) is 31.9 Å². The van der Waals surface area contributed by atoms with E-state index in [1.54, 1.807) is 0 Å². The topological polar surface area (TPSA) is 43.8 Å². The third-order valence-corrected chi connectivity index (χ3v) is 3.96. The predicted molar refractivity (Wildman–Crippen MR) is 61.5 cm³/mol. The first-order chi connectivity index (χ1) is 7.12. The van der Waals surface area contributed by atoms with Crippen molar-refractivity contribution in [3.63, 3.8) is 0 Å². The zero-order valence-electron chi connectivity index (χ0n) is 9.74. The SMILES string of the molecule is Cn1ccnc1CC(N)C1(C)CCCC1. The number of rotatable bonds is 3. The van der Waals surface area contributed by atoms with E-state index in [2.05, 4.69) is 16.5 Å². The van der Waals surface area contributed by atoms with Crippen LogP contribution in [-0.4, -0.2) is 15.6 Å². The maximum Gasteiger partial charge on any atom is 0.109 e. The smallest absolute Gasteiger partial charge is 0.109 e. The maximum absolute atomic E-state index is 6.32. The highest BCUT2D eigenvalue weighted by atomic mass is 15.0. The fourth-order valence-electron chi connectivity index (χ4n) is 2.59. The maximum atomic E-state index is 6.32. The highest BCUT2D eigenvalue weighted by Gasteiger charge is 2.35. The molecule has 0 aromatic carbocycles. The van der Waals surface area contributed by atoms with E-state index < -0.39 is 0 Å². The minimum atomic E-state index is 0.251. The van der Waals surface area contributed by atoms with Crippen molar-refractivity contribution in [2.24, 2.45) is 18.2 Å². The van der Waals surface area contributed by atoms with Crippen LogP contribution in [0.4, 0.5) is 0 Å². The Kier molecular flexibility index (Phi) is 2.83. The Labute approximate surface area is 91.7 Å². The molecular formula is C12H21N3. The van der Waals surface area contributed by atoms with Gasteiger partial charge in [0.15, 0.2) is 0 Å². The molecule has 1 atom stereocenters. The van der Waals surface area contributed by atoms with Gasteiger partial charge in [-0.15, -0.1) is 0 Å². The van der Waals surface area contributed by atoms with Gasteiger partial charge in [-0.05, 0) is 18.3 Å².